The van der Waals surface area contributed by atoms with E-state index in [2.05, 4.69) is 11.8 Å². The summed E-state index contributed by atoms with van der Waals surface area (Å²) in [5, 5.41) is 24.8. The summed E-state index contributed by atoms with van der Waals surface area (Å²) < 4.78 is 37.9. The first-order valence-electron chi connectivity index (χ1n) is 16.2. The molecule has 45 heavy (non-hydrogen) atoms. The monoisotopic (exact) mass is 629 g/mol. The Morgan fingerprint density at radius 3 is 2.31 bits per heavy atom. The topological polar surface area (TPSA) is 133 Å². The summed E-state index contributed by atoms with van der Waals surface area (Å²) >= 11 is 0. The average Bonchev–Trinajstić information content (AvgIpc) is 3.40. The average molecular weight is 630 g/mol. The van der Waals surface area contributed by atoms with Gasteiger partial charge in [0.1, 0.15) is 17.3 Å². The molecule has 1 aliphatic heterocycles. The number of carbonyl (C=O) groups is 2. The molecule has 5 saturated carbocycles. The second-order valence-corrected chi connectivity index (χ2v) is 14.4. The van der Waals surface area contributed by atoms with Crippen LogP contribution >= 0.6 is 0 Å². The van der Waals surface area contributed by atoms with Gasteiger partial charge in [-0.2, -0.15) is 0 Å². The molecule has 6 aliphatic rings. The number of aliphatic hydroxyl groups is 2. The second kappa shape index (κ2) is 10.7. The molecule has 7 rings (SSSR count). The minimum Gasteiger partial charge on any atom is -0.458 e. The number of rotatable bonds is 9. The Bertz CT molecular complexity index is 1330. The van der Waals surface area contributed by atoms with E-state index in [1.165, 1.54) is 6.92 Å². The Kier molecular flexibility index (Phi) is 7.48. The molecule has 1 aromatic rings. The number of benzene rings is 1. The number of esters is 2. The van der Waals surface area contributed by atoms with E-state index < -0.39 is 76.3 Å². The quantitative estimate of drug-likeness (QED) is 0.387. The van der Waals surface area contributed by atoms with Gasteiger partial charge in [-0.15, -0.1) is 0 Å². The number of fused-ring (bicyclic) bond motifs is 2. The van der Waals surface area contributed by atoms with Gasteiger partial charge in [-0.3, -0.25) is 9.69 Å². The number of hydrogen-bond acceptors (Lipinski definition) is 11. The maximum atomic E-state index is 13.7. The number of methoxy groups -OCH3 is 4. The highest BCUT2D eigenvalue weighted by Gasteiger charge is 2.90. The SMILES string of the molecule is CCN1C[C@]2(COC)[C@H](O)C[C@H](OC)C34C1C([C@H](OC)[C@@H]32)[C@@]1(OC(C)=O)C[C@H](OC)[C@]2(O)C[C@@H]4[C@@H]1[C@@H]2OC(=O)c1ccccc1. The van der Waals surface area contributed by atoms with Gasteiger partial charge in [0.15, 0.2) is 0 Å². The van der Waals surface area contributed by atoms with E-state index >= 15 is 0 Å². The van der Waals surface area contributed by atoms with E-state index in [9.17, 15) is 19.8 Å². The van der Waals surface area contributed by atoms with Crippen LogP contribution in [-0.4, -0.2) is 123 Å². The van der Waals surface area contributed by atoms with Crippen molar-refractivity contribution in [2.75, 3.05) is 48.1 Å². The number of nitrogens with zero attached hydrogens (tertiary/aromatic N) is 1. The zero-order valence-corrected chi connectivity index (χ0v) is 27.0. The summed E-state index contributed by atoms with van der Waals surface area (Å²) in [5.41, 5.74) is -3.74. The predicted octanol–water partition coefficient (Wildman–Crippen LogP) is 1.68. The molecule has 1 saturated heterocycles. The lowest BCUT2D eigenvalue weighted by atomic mass is 9.42. The Morgan fingerprint density at radius 2 is 1.71 bits per heavy atom. The highest BCUT2D eigenvalue weighted by Crippen LogP contribution is 2.80. The van der Waals surface area contributed by atoms with E-state index in [4.69, 9.17) is 28.4 Å². The van der Waals surface area contributed by atoms with Crippen molar-refractivity contribution in [2.45, 2.75) is 80.9 Å². The normalized spacial score (nSPS) is 49.1. The van der Waals surface area contributed by atoms with Crippen LogP contribution in [0.2, 0.25) is 0 Å². The van der Waals surface area contributed by atoms with Crippen molar-refractivity contribution in [2.24, 2.45) is 34.5 Å². The molecule has 11 nitrogen and oxygen atoms in total. The maximum Gasteiger partial charge on any atom is 0.338 e. The van der Waals surface area contributed by atoms with E-state index in [0.29, 0.717) is 31.7 Å². The molecular weight excluding hydrogens is 582 g/mol. The van der Waals surface area contributed by atoms with Gasteiger partial charge in [-0.25, -0.2) is 4.79 Å². The highest BCUT2D eigenvalue weighted by atomic mass is 16.6. The Balaban J connectivity index is 1.50. The van der Waals surface area contributed by atoms with Gasteiger partial charge >= 0.3 is 11.9 Å². The molecule has 0 amide bonds. The fourth-order valence-corrected chi connectivity index (χ4v) is 12.2. The Labute approximate surface area is 264 Å². The molecule has 0 radical (unpaired) electrons. The summed E-state index contributed by atoms with van der Waals surface area (Å²) in [4.78, 5) is 29.3. The smallest absolute Gasteiger partial charge is 0.338 e. The molecule has 6 fully saturated rings. The van der Waals surface area contributed by atoms with Crippen LogP contribution in [0, 0.1) is 34.5 Å². The lowest BCUT2D eigenvalue weighted by Crippen LogP contribution is -2.79. The van der Waals surface area contributed by atoms with Gasteiger partial charge in [0, 0.05) is 89.4 Å². The van der Waals surface area contributed by atoms with Crippen LogP contribution < -0.4 is 0 Å². The van der Waals surface area contributed by atoms with Crippen molar-refractivity contribution in [1.82, 2.24) is 4.90 Å². The van der Waals surface area contributed by atoms with E-state index in [0.717, 1.165) is 0 Å². The number of carbonyl (C=O) groups excluding carboxylic acids is 2. The van der Waals surface area contributed by atoms with Gasteiger partial charge in [-0.05, 0) is 31.0 Å². The molecule has 11 heteroatoms. The van der Waals surface area contributed by atoms with Crippen LogP contribution in [0.15, 0.2) is 30.3 Å². The summed E-state index contributed by atoms with van der Waals surface area (Å²) in [6.07, 6.45) is -2.55. The fourth-order valence-electron chi connectivity index (χ4n) is 12.2. The maximum absolute atomic E-state index is 13.7. The molecule has 248 valence electrons. The van der Waals surface area contributed by atoms with E-state index in [1.54, 1.807) is 52.7 Å². The first kappa shape index (κ1) is 31.5. The lowest BCUT2D eigenvalue weighted by molar-refractivity contribution is -0.300. The van der Waals surface area contributed by atoms with Crippen molar-refractivity contribution in [1.29, 1.82) is 0 Å². The standard InChI is InChI=1S/C34H47NO10/c1-7-35-16-31(17-40-3)21(37)13-22(41-4)34-20-14-32(39)23(42-5)15-33(45-18(2)36,25(28(34)35)26(43-6)27(31)34)24(20)29(32)44-30(38)19-11-9-8-10-12-19/h8-12,20-29,37,39H,7,13-17H2,1-6H3/t20-,21-,22+,23+,24-,25?,26+,27-,28?,29+,31+,32-,33-,34?/m1/s1. The first-order valence-corrected chi connectivity index (χ1v) is 16.2. The largest absolute Gasteiger partial charge is 0.458 e. The third kappa shape index (κ3) is 3.72. The van der Waals surface area contributed by atoms with Crippen LogP contribution in [0.5, 0.6) is 0 Å². The van der Waals surface area contributed by atoms with Crippen molar-refractivity contribution in [3.8, 4) is 0 Å². The zero-order valence-electron chi connectivity index (χ0n) is 27.0. The van der Waals surface area contributed by atoms with Gasteiger partial charge in [0.2, 0.25) is 0 Å². The molecular formula is C34H47NO10. The molecule has 3 unspecified atom stereocenters. The summed E-state index contributed by atoms with van der Waals surface area (Å²) in [7, 11) is 6.58. The molecule has 1 heterocycles. The zero-order chi connectivity index (χ0) is 32.1. The van der Waals surface area contributed by atoms with Gasteiger partial charge < -0.3 is 38.6 Å². The van der Waals surface area contributed by atoms with Crippen molar-refractivity contribution in [3.63, 3.8) is 0 Å². The minimum absolute atomic E-state index is 0.163. The van der Waals surface area contributed by atoms with Crippen molar-refractivity contribution < 1.29 is 48.2 Å². The fraction of sp³-hybridized carbons (Fsp3) is 0.765. The molecule has 5 aliphatic carbocycles. The predicted molar refractivity (Wildman–Crippen MR) is 159 cm³/mol. The van der Waals surface area contributed by atoms with E-state index in [-0.39, 0.29) is 30.7 Å². The van der Waals surface area contributed by atoms with Crippen LogP contribution in [-0.2, 0) is 33.2 Å². The molecule has 1 aromatic carbocycles. The molecule has 0 aromatic heterocycles. The number of ether oxygens (including phenoxy) is 6. The van der Waals surface area contributed by atoms with E-state index in [1.807, 2.05) is 6.07 Å². The summed E-state index contributed by atoms with van der Waals surface area (Å²) in [6, 6.07) is 8.56. The number of piperidine rings is 1. The third-order valence-corrected chi connectivity index (χ3v) is 13.1. The number of aliphatic hydroxyl groups excluding tert-OH is 1. The first-order chi connectivity index (χ1) is 21.5. The number of hydrogen-bond donors (Lipinski definition) is 2. The molecule has 1 spiro atoms. The minimum atomic E-state index is -1.55. The summed E-state index contributed by atoms with van der Waals surface area (Å²) in [6.45, 7) is 5.08. The molecule has 7 bridgehead atoms. The third-order valence-electron chi connectivity index (χ3n) is 13.1. The highest BCUT2D eigenvalue weighted by molar-refractivity contribution is 5.89. The van der Waals surface area contributed by atoms with Gasteiger partial charge in [0.25, 0.3) is 0 Å². The molecule has 2 N–H and O–H groups in total. The lowest BCUT2D eigenvalue weighted by Gasteiger charge is -2.70. The number of likely N-dealkylation sites (tertiary alicyclic amines) is 1. The van der Waals surface area contributed by atoms with Crippen LogP contribution in [0.25, 0.3) is 0 Å². The van der Waals surface area contributed by atoms with Crippen LogP contribution in [0.3, 0.4) is 0 Å². The Hall–Kier alpha value is -2.12. The van der Waals surface area contributed by atoms with Crippen LogP contribution in [0.4, 0.5) is 0 Å². The Morgan fingerprint density at radius 1 is 1.00 bits per heavy atom. The summed E-state index contributed by atoms with van der Waals surface area (Å²) in [5.74, 6) is -2.55. The van der Waals surface area contributed by atoms with Crippen molar-refractivity contribution in [3.05, 3.63) is 35.9 Å². The van der Waals surface area contributed by atoms with Gasteiger partial charge in [0.05, 0.1) is 36.6 Å². The van der Waals surface area contributed by atoms with Crippen molar-refractivity contribution >= 4 is 11.9 Å². The van der Waals surface area contributed by atoms with Crippen LogP contribution in [0.1, 0.15) is 43.5 Å². The molecule has 14 atom stereocenters. The second-order valence-electron chi connectivity index (χ2n) is 14.4. The van der Waals surface area contributed by atoms with Gasteiger partial charge in [-0.1, -0.05) is 25.1 Å².